The maximum absolute atomic E-state index is 13.4. The average molecular weight is 321 g/mol. The van der Waals surface area contributed by atoms with Gasteiger partial charge < -0.3 is 10.6 Å². The largest absolute Gasteiger partial charge is 0.354 e. The van der Waals surface area contributed by atoms with Crippen LogP contribution in [0.4, 0.5) is 10.1 Å². The van der Waals surface area contributed by atoms with Crippen molar-refractivity contribution in [2.45, 2.75) is 25.8 Å². The second-order valence-corrected chi connectivity index (χ2v) is 7.30. The van der Waals surface area contributed by atoms with E-state index in [1.165, 1.54) is 12.1 Å². The summed E-state index contributed by atoms with van der Waals surface area (Å²) in [6, 6.07) is 4.78. The van der Waals surface area contributed by atoms with Gasteiger partial charge in [-0.1, -0.05) is 17.8 Å². The molecule has 6 heteroatoms. The molecule has 2 N–H and O–H groups in total. The third-order valence-electron chi connectivity index (χ3n) is 3.35. The molecule has 1 aromatic heterocycles. The van der Waals surface area contributed by atoms with Crippen LogP contribution in [0.1, 0.15) is 23.1 Å². The Labute approximate surface area is 131 Å². The van der Waals surface area contributed by atoms with E-state index < -0.39 is 4.99 Å². The maximum Gasteiger partial charge on any atom is 0.158 e. The van der Waals surface area contributed by atoms with Crippen molar-refractivity contribution in [1.29, 1.82) is 0 Å². The second kappa shape index (κ2) is 5.35. The summed E-state index contributed by atoms with van der Waals surface area (Å²) < 4.78 is 13.4. The van der Waals surface area contributed by atoms with Gasteiger partial charge >= 0.3 is 0 Å². The topological polar surface area (TPSA) is 37.0 Å². The van der Waals surface area contributed by atoms with Crippen molar-refractivity contribution >= 4 is 34.5 Å². The molecule has 1 unspecified atom stereocenters. The fourth-order valence-electron chi connectivity index (χ4n) is 2.21. The predicted octanol–water partition coefficient (Wildman–Crippen LogP) is 4.32. The highest BCUT2D eigenvalue weighted by Gasteiger charge is 2.31. The van der Waals surface area contributed by atoms with Gasteiger partial charge in [0.25, 0.3) is 0 Å². The van der Waals surface area contributed by atoms with Crippen LogP contribution < -0.4 is 10.6 Å². The van der Waals surface area contributed by atoms with E-state index in [9.17, 15) is 4.39 Å². The molecule has 21 heavy (non-hydrogen) atoms. The maximum atomic E-state index is 13.4. The van der Waals surface area contributed by atoms with Gasteiger partial charge in [-0.05, 0) is 43.9 Å². The fraction of sp³-hybridized carbons (Fsp3) is 0.267. The van der Waals surface area contributed by atoms with Gasteiger partial charge in [0.2, 0.25) is 0 Å². The number of hydrogen-bond donors (Lipinski definition) is 2. The van der Waals surface area contributed by atoms with E-state index in [2.05, 4.69) is 21.0 Å². The molecule has 1 aliphatic heterocycles. The fourth-order valence-corrected chi connectivity index (χ4v) is 3.93. The zero-order valence-corrected chi connectivity index (χ0v) is 13.7. The molecule has 0 bridgehead atoms. The standard InChI is InChI=1S/C15H16FN3S2/c1-9-4-5-11(16)6-12(9)18-15(3)19-13(7-21-15)14-10(2)17-8-20-14/h4-8,18-19H,1-3H3. The van der Waals surface area contributed by atoms with Crippen molar-refractivity contribution in [3.8, 4) is 0 Å². The third-order valence-corrected chi connectivity index (χ3v) is 5.34. The van der Waals surface area contributed by atoms with Crippen molar-refractivity contribution in [2.75, 3.05) is 5.32 Å². The Kier molecular flexibility index (Phi) is 3.67. The van der Waals surface area contributed by atoms with E-state index in [4.69, 9.17) is 0 Å². The molecule has 3 nitrogen and oxygen atoms in total. The molecule has 0 saturated heterocycles. The molecule has 2 aromatic rings. The molecule has 0 aliphatic carbocycles. The summed E-state index contributed by atoms with van der Waals surface area (Å²) in [4.78, 5) is 5.02. The van der Waals surface area contributed by atoms with Crippen molar-refractivity contribution < 1.29 is 4.39 Å². The van der Waals surface area contributed by atoms with E-state index in [1.54, 1.807) is 29.2 Å². The number of thioether (sulfide) groups is 1. The van der Waals surface area contributed by atoms with Crippen LogP contribution in [0.15, 0.2) is 29.1 Å². The van der Waals surface area contributed by atoms with Crippen LogP contribution in [0.25, 0.3) is 5.70 Å². The number of aryl methyl sites for hydroxylation is 2. The van der Waals surface area contributed by atoms with E-state index in [0.717, 1.165) is 27.5 Å². The van der Waals surface area contributed by atoms with Crippen LogP contribution in [0, 0.1) is 19.7 Å². The minimum Gasteiger partial charge on any atom is -0.354 e. The molecule has 0 radical (unpaired) electrons. The van der Waals surface area contributed by atoms with Crippen LogP contribution in [0.3, 0.4) is 0 Å². The number of rotatable bonds is 3. The zero-order chi connectivity index (χ0) is 15.0. The summed E-state index contributed by atoms with van der Waals surface area (Å²) in [5.74, 6) is -0.235. The lowest BCUT2D eigenvalue weighted by atomic mass is 10.2. The first-order valence-corrected chi connectivity index (χ1v) is 8.34. The Hall–Kier alpha value is -1.53. The van der Waals surface area contributed by atoms with Gasteiger partial charge in [-0.25, -0.2) is 9.37 Å². The quantitative estimate of drug-likeness (QED) is 0.883. The molecule has 2 heterocycles. The molecule has 0 amide bonds. The molecule has 0 saturated carbocycles. The summed E-state index contributed by atoms with van der Waals surface area (Å²) in [5.41, 5.74) is 5.74. The average Bonchev–Trinajstić information content (AvgIpc) is 3.00. The van der Waals surface area contributed by atoms with Gasteiger partial charge in [-0.3, -0.25) is 0 Å². The Morgan fingerprint density at radius 3 is 2.86 bits per heavy atom. The lowest BCUT2D eigenvalue weighted by Crippen LogP contribution is -2.42. The first kappa shape index (κ1) is 14.4. The van der Waals surface area contributed by atoms with Crippen molar-refractivity contribution in [2.24, 2.45) is 0 Å². The highest BCUT2D eigenvalue weighted by atomic mass is 32.2. The smallest absolute Gasteiger partial charge is 0.158 e. The Morgan fingerprint density at radius 1 is 1.33 bits per heavy atom. The molecular weight excluding hydrogens is 305 g/mol. The lowest BCUT2D eigenvalue weighted by Gasteiger charge is -2.28. The van der Waals surface area contributed by atoms with Crippen LogP contribution in [-0.2, 0) is 0 Å². The monoisotopic (exact) mass is 321 g/mol. The highest BCUT2D eigenvalue weighted by molar-refractivity contribution is 8.04. The number of nitrogens with zero attached hydrogens (tertiary/aromatic N) is 1. The van der Waals surface area contributed by atoms with Crippen LogP contribution >= 0.6 is 23.1 Å². The Balaban J connectivity index is 1.79. The number of nitrogens with one attached hydrogen (secondary N) is 2. The van der Waals surface area contributed by atoms with Crippen LogP contribution in [0.2, 0.25) is 0 Å². The Morgan fingerprint density at radius 2 is 2.14 bits per heavy atom. The van der Waals surface area contributed by atoms with Gasteiger partial charge in [-0.15, -0.1) is 11.3 Å². The molecular formula is C15H16FN3S2. The van der Waals surface area contributed by atoms with Gasteiger partial charge in [-0.2, -0.15) is 0 Å². The van der Waals surface area contributed by atoms with Crippen molar-refractivity contribution in [1.82, 2.24) is 10.3 Å². The normalized spacial score (nSPS) is 21.0. The Bertz CT molecular complexity index is 711. The SMILES string of the molecule is Cc1ccc(F)cc1NC1(C)NC(c2scnc2C)=CS1. The molecule has 0 spiro atoms. The van der Waals surface area contributed by atoms with E-state index >= 15 is 0 Å². The summed E-state index contributed by atoms with van der Waals surface area (Å²) in [6.45, 7) is 6.01. The number of benzene rings is 1. The van der Waals surface area contributed by atoms with Crippen molar-refractivity contribution in [3.05, 3.63) is 51.1 Å². The van der Waals surface area contributed by atoms with Gasteiger partial charge in [0.05, 0.1) is 21.8 Å². The summed E-state index contributed by atoms with van der Waals surface area (Å²) in [5, 5.41) is 8.93. The minimum absolute atomic E-state index is 0.235. The first-order valence-electron chi connectivity index (χ1n) is 6.58. The molecule has 1 aliphatic rings. The predicted molar refractivity (Wildman–Crippen MR) is 88.7 cm³/mol. The third kappa shape index (κ3) is 2.91. The molecule has 110 valence electrons. The number of aromatic nitrogens is 1. The molecule has 0 fully saturated rings. The second-order valence-electron chi connectivity index (χ2n) is 5.16. The van der Waals surface area contributed by atoms with Gasteiger partial charge in [0, 0.05) is 5.69 Å². The van der Waals surface area contributed by atoms with E-state index in [1.807, 2.05) is 26.3 Å². The summed E-state index contributed by atoms with van der Waals surface area (Å²) >= 11 is 3.26. The number of anilines is 1. The summed E-state index contributed by atoms with van der Waals surface area (Å²) in [6.07, 6.45) is 0. The minimum atomic E-state index is -0.398. The highest BCUT2D eigenvalue weighted by Crippen LogP contribution is 2.38. The molecule has 1 atom stereocenters. The van der Waals surface area contributed by atoms with Crippen LogP contribution in [-0.4, -0.2) is 9.98 Å². The zero-order valence-electron chi connectivity index (χ0n) is 12.0. The van der Waals surface area contributed by atoms with E-state index in [0.29, 0.717) is 0 Å². The van der Waals surface area contributed by atoms with E-state index in [-0.39, 0.29) is 5.82 Å². The van der Waals surface area contributed by atoms with Crippen molar-refractivity contribution in [3.63, 3.8) is 0 Å². The number of thiazole rings is 1. The first-order chi connectivity index (χ1) is 9.97. The molecule has 3 rings (SSSR count). The van der Waals surface area contributed by atoms with Gasteiger partial charge in [0.15, 0.2) is 4.99 Å². The number of hydrogen-bond acceptors (Lipinski definition) is 5. The number of halogens is 1. The van der Waals surface area contributed by atoms with Gasteiger partial charge in [0.1, 0.15) is 5.82 Å². The summed E-state index contributed by atoms with van der Waals surface area (Å²) in [7, 11) is 0. The molecule has 1 aromatic carbocycles. The lowest BCUT2D eigenvalue weighted by molar-refractivity contribution is 0.625. The van der Waals surface area contributed by atoms with Crippen LogP contribution in [0.5, 0.6) is 0 Å².